The van der Waals surface area contributed by atoms with Crippen molar-refractivity contribution in [3.63, 3.8) is 0 Å². The normalized spacial score (nSPS) is 17.8. The Balaban J connectivity index is 1.95. The van der Waals surface area contributed by atoms with E-state index in [1.165, 1.54) is 32.1 Å². The maximum absolute atomic E-state index is 9.16. The second-order valence-electron chi connectivity index (χ2n) is 4.92. The van der Waals surface area contributed by atoms with Gasteiger partial charge in [0.05, 0.1) is 18.8 Å². The maximum Gasteiger partial charge on any atom is 0.150 e. The molecule has 1 aromatic rings. The van der Waals surface area contributed by atoms with Crippen LogP contribution in [0.15, 0.2) is 10.6 Å². The Labute approximate surface area is 103 Å². The van der Waals surface area contributed by atoms with Gasteiger partial charge in [-0.15, -0.1) is 0 Å². The summed E-state index contributed by atoms with van der Waals surface area (Å²) in [6.45, 7) is 3.64. The highest BCUT2D eigenvalue weighted by atomic mass is 16.5. The van der Waals surface area contributed by atoms with Crippen molar-refractivity contribution in [2.24, 2.45) is 0 Å². The van der Waals surface area contributed by atoms with Crippen molar-refractivity contribution in [2.45, 2.75) is 51.6 Å². The Morgan fingerprint density at radius 1 is 1.41 bits per heavy atom. The molecule has 0 unspecified atom stereocenters. The predicted molar refractivity (Wildman–Crippen MR) is 65.6 cm³/mol. The molecule has 4 heteroatoms. The number of aliphatic hydroxyl groups excluding tert-OH is 1. The van der Waals surface area contributed by atoms with E-state index in [1.54, 1.807) is 0 Å². The van der Waals surface area contributed by atoms with Crippen LogP contribution in [-0.4, -0.2) is 34.4 Å². The molecule has 0 spiro atoms. The van der Waals surface area contributed by atoms with Crippen LogP contribution in [0.2, 0.25) is 0 Å². The summed E-state index contributed by atoms with van der Waals surface area (Å²) in [5, 5.41) is 13.1. The first-order valence-corrected chi connectivity index (χ1v) is 6.56. The first-order valence-electron chi connectivity index (χ1n) is 6.56. The second-order valence-corrected chi connectivity index (χ2v) is 4.92. The first kappa shape index (κ1) is 12.6. The number of hydrogen-bond acceptors (Lipinski definition) is 4. The fraction of sp³-hybridized carbons (Fsp3) is 0.769. The van der Waals surface area contributed by atoms with Crippen LogP contribution in [-0.2, 0) is 6.54 Å². The van der Waals surface area contributed by atoms with Crippen LogP contribution in [0.25, 0.3) is 0 Å². The Morgan fingerprint density at radius 2 is 2.18 bits per heavy atom. The molecule has 1 heterocycles. The van der Waals surface area contributed by atoms with Crippen molar-refractivity contribution in [2.75, 3.05) is 13.2 Å². The van der Waals surface area contributed by atoms with Gasteiger partial charge in [0.15, 0.2) is 5.76 Å². The highest BCUT2D eigenvalue weighted by Crippen LogP contribution is 2.23. The van der Waals surface area contributed by atoms with E-state index in [0.29, 0.717) is 6.04 Å². The molecule has 0 saturated heterocycles. The van der Waals surface area contributed by atoms with Gasteiger partial charge in [0.25, 0.3) is 0 Å². The topological polar surface area (TPSA) is 49.5 Å². The summed E-state index contributed by atoms with van der Waals surface area (Å²) in [5.74, 6) is 0.904. The van der Waals surface area contributed by atoms with Crippen LogP contribution in [0.3, 0.4) is 0 Å². The number of aromatic nitrogens is 1. The fourth-order valence-corrected chi connectivity index (χ4v) is 2.66. The zero-order chi connectivity index (χ0) is 12.1. The van der Waals surface area contributed by atoms with Crippen molar-refractivity contribution in [3.05, 3.63) is 17.5 Å². The minimum atomic E-state index is 0.212. The lowest BCUT2D eigenvalue weighted by molar-refractivity contribution is 0.107. The molecule has 96 valence electrons. The van der Waals surface area contributed by atoms with E-state index in [9.17, 15) is 0 Å². The smallest absolute Gasteiger partial charge is 0.150 e. The Hall–Kier alpha value is -0.870. The average Bonchev–Trinajstić information content (AvgIpc) is 2.75. The minimum absolute atomic E-state index is 0.212. The second kappa shape index (κ2) is 6.17. The highest BCUT2D eigenvalue weighted by Gasteiger charge is 2.21. The molecule has 1 N–H and O–H groups in total. The van der Waals surface area contributed by atoms with E-state index in [2.05, 4.69) is 10.1 Å². The van der Waals surface area contributed by atoms with Gasteiger partial charge in [0.1, 0.15) is 0 Å². The number of nitrogens with zero attached hydrogens (tertiary/aromatic N) is 2. The molecule has 0 atom stereocenters. The molecule has 1 aliphatic carbocycles. The monoisotopic (exact) mass is 238 g/mol. The quantitative estimate of drug-likeness (QED) is 0.853. The molecule has 1 aromatic heterocycles. The molecule has 1 fully saturated rings. The maximum atomic E-state index is 9.16. The third-order valence-electron chi connectivity index (χ3n) is 3.51. The molecule has 1 saturated carbocycles. The van der Waals surface area contributed by atoms with Crippen molar-refractivity contribution < 1.29 is 9.63 Å². The van der Waals surface area contributed by atoms with E-state index in [1.807, 2.05) is 13.0 Å². The summed E-state index contributed by atoms with van der Waals surface area (Å²) in [6, 6.07) is 2.58. The summed E-state index contributed by atoms with van der Waals surface area (Å²) in [5.41, 5.74) is 0.924. The molecule has 0 amide bonds. The lowest BCUT2D eigenvalue weighted by Gasteiger charge is -2.33. The number of aliphatic hydroxyl groups is 1. The molecule has 0 bridgehead atoms. The van der Waals surface area contributed by atoms with Crippen LogP contribution in [0.1, 0.15) is 43.6 Å². The largest absolute Gasteiger partial charge is 0.395 e. The number of aryl methyl sites for hydroxylation is 1. The van der Waals surface area contributed by atoms with Crippen LogP contribution < -0.4 is 0 Å². The first-order chi connectivity index (χ1) is 8.29. The molecule has 0 aliphatic heterocycles. The van der Waals surface area contributed by atoms with Gasteiger partial charge in [-0.25, -0.2) is 0 Å². The Bertz CT molecular complexity index is 332. The molecule has 1 aliphatic rings. The fourth-order valence-electron chi connectivity index (χ4n) is 2.66. The minimum Gasteiger partial charge on any atom is -0.395 e. The molecule has 2 rings (SSSR count). The zero-order valence-corrected chi connectivity index (χ0v) is 10.6. The van der Waals surface area contributed by atoms with Crippen molar-refractivity contribution >= 4 is 0 Å². The van der Waals surface area contributed by atoms with Crippen LogP contribution in [0.4, 0.5) is 0 Å². The summed E-state index contributed by atoms with van der Waals surface area (Å²) in [4.78, 5) is 2.33. The summed E-state index contributed by atoms with van der Waals surface area (Å²) in [6.07, 6.45) is 6.45. The predicted octanol–water partition coefficient (Wildman–Crippen LogP) is 2.11. The van der Waals surface area contributed by atoms with Crippen LogP contribution in [0.5, 0.6) is 0 Å². The zero-order valence-electron chi connectivity index (χ0n) is 10.6. The third-order valence-corrected chi connectivity index (χ3v) is 3.51. The van der Waals surface area contributed by atoms with Crippen LogP contribution >= 0.6 is 0 Å². The van der Waals surface area contributed by atoms with Crippen molar-refractivity contribution in [1.29, 1.82) is 0 Å². The average molecular weight is 238 g/mol. The molecule has 17 heavy (non-hydrogen) atoms. The summed E-state index contributed by atoms with van der Waals surface area (Å²) in [7, 11) is 0. The molecule has 4 nitrogen and oxygen atoms in total. The van der Waals surface area contributed by atoms with Gasteiger partial charge in [-0.2, -0.15) is 0 Å². The van der Waals surface area contributed by atoms with Crippen molar-refractivity contribution in [3.8, 4) is 0 Å². The molecule has 0 aromatic carbocycles. The summed E-state index contributed by atoms with van der Waals surface area (Å²) >= 11 is 0. The standard InChI is InChI=1S/C13H22N2O2/c1-11-9-13(17-14-11)10-15(7-8-16)12-5-3-2-4-6-12/h9,12,16H,2-8,10H2,1H3. The van der Waals surface area contributed by atoms with Gasteiger partial charge in [0.2, 0.25) is 0 Å². The molecule has 0 radical (unpaired) electrons. The van der Waals surface area contributed by atoms with Gasteiger partial charge in [-0.3, -0.25) is 4.90 Å². The van der Waals surface area contributed by atoms with E-state index in [4.69, 9.17) is 9.63 Å². The van der Waals surface area contributed by atoms with Gasteiger partial charge in [0, 0.05) is 18.7 Å². The van der Waals surface area contributed by atoms with Gasteiger partial charge < -0.3 is 9.63 Å². The Morgan fingerprint density at radius 3 is 2.76 bits per heavy atom. The van der Waals surface area contributed by atoms with E-state index < -0.39 is 0 Å². The van der Waals surface area contributed by atoms with Gasteiger partial charge in [-0.05, 0) is 19.8 Å². The molecular weight excluding hydrogens is 216 g/mol. The SMILES string of the molecule is Cc1cc(CN(CCO)C2CCCCC2)on1. The van der Waals surface area contributed by atoms with Gasteiger partial charge in [-0.1, -0.05) is 24.4 Å². The van der Waals surface area contributed by atoms with E-state index in [-0.39, 0.29) is 6.61 Å². The highest BCUT2D eigenvalue weighted by molar-refractivity contribution is 5.03. The number of rotatable bonds is 5. The van der Waals surface area contributed by atoms with Crippen molar-refractivity contribution in [1.82, 2.24) is 10.1 Å². The lowest BCUT2D eigenvalue weighted by atomic mass is 9.94. The Kier molecular flexibility index (Phi) is 4.57. The van der Waals surface area contributed by atoms with Gasteiger partial charge >= 0.3 is 0 Å². The van der Waals surface area contributed by atoms with Crippen LogP contribution in [0, 0.1) is 6.92 Å². The van der Waals surface area contributed by atoms with E-state index >= 15 is 0 Å². The number of hydrogen-bond donors (Lipinski definition) is 1. The third kappa shape index (κ3) is 3.54. The van der Waals surface area contributed by atoms with E-state index in [0.717, 1.165) is 24.5 Å². The summed E-state index contributed by atoms with van der Waals surface area (Å²) < 4.78 is 5.26. The molecular formula is C13H22N2O2. The lowest BCUT2D eigenvalue weighted by Crippen LogP contribution is -2.38.